The van der Waals surface area contributed by atoms with Crippen molar-refractivity contribution >= 4 is 28.8 Å². The van der Waals surface area contributed by atoms with E-state index < -0.39 is 11.4 Å². The van der Waals surface area contributed by atoms with Crippen molar-refractivity contribution in [2.24, 2.45) is 16.6 Å². The molecule has 1 aromatic heterocycles. The van der Waals surface area contributed by atoms with Crippen LogP contribution in [0, 0.1) is 29.3 Å². The van der Waals surface area contributed by atoms with Gasteiger partial charge in [-0.15, -0.1) is 6.42 Å². The Morgan fingerprint density at radius 3 is 2.93 bits per heavy atom. The van der Waals surface area contributed by atoms with Gasteiger partial charge in [-0.25, -0.2) is 18.7 Å². The molecule has 2 heterocycles. The zero-order valence-electron chi connectivity index (χ0n) is 14.4. The van der Waals surface area contributed by atoms with Crippen molar-refractivity contribution in [1.82, 2.24) is 9.97 Å². The number of rotatable bonds is 3. The SMILES string of the molecule is C#Cc1cnc(/C(F)=C/c2ccc(F)c([C@@]3(C)N=C(N)S[C]4C[C@H]43)c2)cn1. The largest absolute Gasteiger partial charge is 0.378 e. The van der Waals surface area contributed by atoms with Crippen LogP contribution in [0.2, 0.25) is 0 Å². The molecule has 1 radical (unpaired) electrons. The van der Waals surface area contributed by atoms with E-state index in [1.165, 1.54) is 47.6 Å². The molecule has 2 N–H and O–H groups in total. The Morgan fingerprint density at radius 2 is 2.22 bits per heavy atom. The average Bonchev–Trinajstić information content (AvgIpc) is 3.43. The van der Waals surface area contributed by atoms with Gasteiger partial charge < -0.3 is 5.73 Å². The molecule has 4 rings (SSSR count). The van der Waals surface area contributed by atoms with Crippen LogP contribution in [0.15, 0.2) is 35.6 Å². The first-order valence-electron chi connectivity index (χ1n) is 8.26. The second-order valence-electron chi connectivity index (χ2n) is 6.59. The van der Waals surface area contributed by atoms with Gasteiger partial charge in [0.25, 0.3) is 0 Å². The van der Waals surface area contributed by atoms with E-state index in [4.69, 9.17) is 12.2 Å². The average molecular weight is 381 g/mol. The predicted octanol–water partition coefficient (Wildman–Crippen LogP) is 3.89. The number of terminal acetylenes is 1. The Morgan fingerprint density at radius 1 is 1.41 bits per heavy atom. The Hall–Kier alpha value is -2.72. The van der Waals surface area contributed by atoms with Gasteiger partial charge in [-0.05, 0) is 43.0 Å². The third kappa shape index (κ3) is 3.21. The van der Waals surface area contributed by atoms with Crippen molar-refractivity contribution in [3.63, 3.8) is 0 Å². The number of hydrogen-bond donors (Lipinski definition) is 1. The molecule has 135 valence electrons. The number of aliphatic imine (C=N–C) groups is 1. The van der Waals surface area contributed by atoms with Crippen LogP contribution >= 0.6 is 11.8 Å². The van der Waals surface area contributed by atoms with Crippen molar-refractivity contribution in [3.05, 3.63) is 64.2 Å². The van der Waals surface area contributed by atoms with Crippen LogP contribution in [0.3, 0.4) is 0 Å². The lowest BCUT2D eigenvalue weighted by molar-refractivity contribution is 0.416. The van der Waals surface area contributed by atoms with Gasteiger partial charge in [-0.1, -0.05) is 17.8 Å². The van der Waals surface area contributed by atoms with Crippen LogP contribution in [-0.4, -0.2) is 15.1 Å². The zero-order valence-corrected chi connectivity index (χ0v) is 15.2. The van der Waals surface area contributed by atoms with Gasteiger partial charge in [-0.3, -0.25) is 4.99 Å². The molecule has 2 aliphatic rings. The number of halogens is 2. The first-order valence-corrected chi connectivity index (χ1v) is 9.07. The number of nitrogens with two attached hydrogens (primary N) is 1. The van der Waals surface area contributed by atoms with E-state index >= 15 is 0 Å². The van der Waals surface area contributed by atoms with Crippen LogP contribution in [0.5, 0.6) is 0 Å². The molecular formula is C20H15F2N4S. The molecule has 7 heteroatoms. The van der Waals surface area contributed by atoms with Crippen molar-refractivity contribution in [2.45, 2.75) is 18.9 Å². The fraction of sp³-hybridized carbons (Fsp3) is 0.200. The molecule has 0 unspecified atom stereocenters. The highest BCUT2D eigenvalue weighted by Crippen LogP contribution is 2.63. The lowest BCUT2D eigenvalue weighted by Crippen LogP contribution is -2.30. The molecule has 0 spiro atoms. The fourth-order valence-electron chi connectivity index (χ4n) is 3.25. The summed E-state index contributed by atoms with van der Waals surface area (Å²) in [6.45, 7) is 1.86. The first kappa shape index (κ1) is 17.7. The zero-order chi connectivity index (χ0) is 19.2. The quantitative estimate of drug-likeness (QED) is 0.819. The molecule has 0 bridgehead atoms. The van der Waals surface area contributed by atoms with Gasteiger partial charge in [0.2, 0.25) is 0 Å². The minimum atomic E-state index is -0.774. The number of aromatic nitrogens is 2. The van der Waals surface area contributed by atoms with E-state index in [9.17, 15) is 8.78 Å². The lowest BCUT2D eigenvalue weighted by atomic mass is 9.86. The summed E-state index contributed by atoms with van der Waals surface area (Å²) in [5.41, 5.74) is 6.41. The summed E-state index contributed by atoms with van der Waals surface area (Å²) < 4.78 is 29.1. The van der Waals surface area contributed by atoms with E-state index in [-0.39, 0.29) is 17.4 Å². The molecule has 1 aliphatic heterocycles. The molecule has 1 fully saturated rings. The fourth-order valence-corrected chi connectivity index (χ4v) is 4.37. The summed E-state index contributed by atoms with van der Waals surface area (Å²) in [6.07, 6.45) is 9.95. The topological polar surface area (TPSA) is 64.2 Å². The van der Waals surface area contributed by atoms with E-state index in [0.29, 0.717) is 22.0 Å². The number of thioether (sulfide) groups is 1. The Labute approximate surface area is 160 Å². The molecule has 1 saturated carbocycles. The van der Waals surface area contributed by atoms with Gasteiger partial charge in [0.1, 0.15) is 17.2 Å². The van der Waals surface area contributed by atoms with Crippen molar-refractivity contribution in [3.8, 4) is 12.3 Å². The van der Waals surface area contributed by atoms with Gasteiger partial charge in [0.15, 0.2) is 11.0 Å². The second kappa shape index (κ2) is 6.46. The van der Waals surface area contributed by atoms with E-state index in [1.54, 1.807) is 6.07 Å². The van der Waals surface area contributed by atoms with Crippen LogP contribution in [0.1, 0.15) is 35.9 Å². The molecule has 1 aromatic carbocycles. The summed E-state index contributed by atoms with van der Waals surface area (Å²) >= 11 is 1.45. The summed E-state index contributed by atoms with van der Waals surface area (Å²) in [4.78, 5) is 12.4. The van der Waals surface area contributed by atoms with Crippen LogP contribution < -0.4 is 5.73 Å². The molecular weight excluding hydrogens is 366 g/mol. The number of amidine groups is 1. The standard InChI is InChI=1S/C20H15F2N4S/c1-3-12-9-25-17(10-24-12)16(22)7-11-4-5-15(21)13(6-11)20(2)14-8-18(14)27-19(23)26-20/h1,4-7,9-10,14H,8H2,2H3,(H2,23,26)/b16-7-/t14-,20-/m1/s1. The smallest absolute Gasteiger partial charge is 0.155 e. The molecule has 2 aromatic rings. The maximum absolute atomic E-state index is 14.6. The number of nitrogens with zero attached hydrogens (tertiary/aromatic N) is 3. The number of hydrogen-bond acceptors (Lipinski definition) is 5. The number of benzene rings is 1. The predicted molar refractivity (Wildman–Crippen MR) is 103 cm³/mol. The summed E-state index contributed by atoms with van der Waals surface area (Å²) in [5.74, 6) is 1.50. The molecule has 2 atom stereocenters. The minimum Gasteiger partial charge on any atom is -0.378 e. The van der Waals surface area contributed by atoms with Gasteiger partial charge in [-0.2, -0.15) is 0 Å². The van der Waals surface area contributed by atoms with Gasteiger partial charge in [0.05, 0.1) is 17.9 Å². The second-order valence-corrected chi connectivity index (χ2v) is 7.73. The van der Waals surface area contributed by atoms with E-state index in [1.807, 2.05) is 6.92 Å². The van der Waals surface area contributed by atoms with E-state index in [0.717, 1.165) is 6.42 Å². The van der Waals surface area contributed by atoms with Crippen molar-refractivity contribution in [2.75, 3.05) is 0 Å². The summed E-state index contributed by atoms with van der Waals surface area (Å²) in [6, 6.07) is 4.44. The lowest BCUT2D eigenvalue weighted by Gasteiger charge is -2.30. The monoisotopic (exact) mass is 381 g/mol. The third-order valence-corrected chi connectivity index (χ3v) is 5.78. The Bertz CT molecular complexity index is 1010. The normalized spacial score (nSPS) is 24.7. The molecule has 0 saturated heterocycles. The summed E-state index contributed by atoms with van der Waals surface area (Å²) in [5, 5.41) is 1.64. The van der Waals surface area contributed by atoms with Gasteiger partial charge >= 0.3 is 0 Å². The van der Waals surface area contributed by atoms with Crippen LogP contribution in [-0.2, 0) is 5.54 Å². The molecule has 1 aliphatic carbocycles. The van der Waals surface area contributed by atoms with Crippen LogP contribution in [0.4, 0.5) is 8.78 Å². The summed E-state index contributed by atoms with van der Waals surface area (Å²) in [7, 11) is 0. The number of fused-ring (bicyclic) bond motifs is 1. The van der Waals surface area contributed by atoms with Crippen LogP contribution in [0.25, 0.3) is 11.9 Å². The highest BCUT2D eigenvalue weighted by Gasteiger charge is 2.56. The first-order chi connectivity index (χ1) is 12.9. The third-order valence-electron chi connectivity index (χ3n) is 4.76. The van der Waals surface area contributed by atoms with Crippen molar-refractivity contribution < 1.29 is 8.78 Å². The minimum absolute atomic E-state index is 0.0558. The maximum Gasteiger partial charge on any atom is 0.155 e. The Balaban J connectivity index is 1.70. The Kier molecular flexibility index (Phi) is 4.23. The molecule has 0 amide bonds. The van der Waals surface area contributed by atoms with E-state index in [2.05, 4.69) is 20.9 Å². The van der Waals surface area contributed by atoms with Gasteiger partial charge in [0, 0.05) is 16.7 Å². The maximum atomic E-state index is 14.6. The highest BCUT2D eigenvalue weighted by atomic mass is 32.2. The molecule has 4 nitrogen and oxygen atoms in total. The van der Waals surface area contributed by atoms with Crippen molar-refractivity contribution in [1.29, 1.82) is 0 Å². The highest BCUT2D eigenvalue weighted by molar-refractivity contribution is 8.16. The molecule has 27 heavy (non-hydrogen) atoms.